The van der Waals surface area contributed by atoms with Crippen molar-refractivity contribution in [2.24, 2.45) is 0 Å². The number of aromatic nitrogens is 2. The number of benzene rings is 1. The third kappa shape index (κ3) is 3.94. The first-order valence-electron chi connectivity index (χ1n) is 7.28. The van der Waals surface area contributed by atoms with Gasteiger partial charge in [0, 0.05) is 30.9 Å². The number of aromatic amines is 1. The highest BCUT2D eigenvalue weighted by Gasteiger charge is 2.13. The second-order valence-electron chi connectivity index (χ2n) is 6.37. The van der Waals surface area contributed by atoms with Crippen LogP contribution in [0.25, 0.3) is 0 Å². The van der Waals surface area contributed by atoms with Crippen molar-refractivity contribution in [3.63, 3.8) is 0 Å². The molecule has 0 radical (unpaired) electrons. The molecule has 1 aromatic carbocycles. The molecule has 2 N–H and O–H groups in total. The van der Waals surface area contributed by atoms with Crippen LogP contribution in [0.2, 0.25) is 0 Å². The van der Waals surface area contributed by atoms with Gasteiger partial charge in [0.15, 0.2) is 0 Å². The quantitative estimate of drug-likeness (QED) is 0.872. The van der Waals surface area contributed by atoms with E-state index in [9.17, 15) is 0 Å². The Morgan fingerprint density at radius 3 is 2.45 bits per heavy atom. The third-order valence-corrected chi connectivity index (χ3v) is 3.68. The standard InChI is InChI=1S/C17H25N3/c1-13(19-10-9-16-11-18-12-20-16)14-5-7-15(8-6-14)17(2,3)4/h5-8,11-13,19H,9-10H2,1-4H3,(H,18,20). The van der Waals surface area contributed by atoms with Crippen molar-refractivity contribution in [3.05, 3.63) is 53.6 Å². The van der Waals surface area contributed by atoms with E-state index in [-0.39, 0.29) is 5.41 Å². The van der Waals surface area contributed by atoms with Crippen LogP contribution in [0.5, 0.6) is 0 Å². The molecule has 1 unspecified atom stereocenters. The van der Waals surface area contributed by atoms with Crippen LogP contribution < -0.4 is 5.32 Å². The Balaban J connectivity index is 1.87. The van der Waals surface area contributed by atoms with E-state index in [4.69, 9.17) is 0 Å². The summed E-state index contributed by atoms with van der Waals surface area (Å²) in [5.74, 6) is 0. The number of nitrogens with one attached hydrogen (secondary N) is 2. The summed E-state index contributed by atoms with van der Waals surface area (Å²) in [6.07, 6.45) is 4.58. The monoisotopic (exact) mass is 271 g/mol. The third-order valence-electron chi connectivity index (χ3n) is 3.68. The second kappa shape index (κ2) is 6.23. The number of hydrogen-bond acceptors (Lipinski definition) is 2. The van der Waals surface area contributed by atoms with Crippen LogP contribution in [-0.4, -0.2) is 16.5 Å². The van der Waals surface area contributed by atoms with Gasteiger partial charge in [0.05, 0.1) is 6.33 Å². The lowest BCUT2D eigenvalue weighted by Crippen LogP contribution is -2.21. The fourth-order valence-electron chi connectivity index (χ4n) is 2.23. The zero-order valence-electron chi connectivity index (χ0n) is 12.9. The minimum Gasteiger partial charge on any atom is -0.348 e. The predicted molar refractivity (Wildman–Crippen MR) is 83.9 cm³/mol. The number of imidazole rings is 1. The molecule has 20 heavy (non-hydrogen) atoms. The minimum absolute atomic E-state index is 0.218. The van der Waals surface area contributed by atoms with Gasteiger partial charge in [0.25, 0.3) is 0 Å². The van der Waals surface area contributed by atoms with Gasteiger partial charge in [-0.2, -0.15) is 0 Å². The van der Waals surface area contributed by atoms with E-state index in [0.29, 0.717) is 6.04 Å². The predicted octanol–water partition coefficient (Wildman–Crippen LogP) is 3.60. The van der Waals surface area contributed by atoms with Gasteiger partial charge in [-0.3, -0.25) is 0 Å². The van der Waals surface area contributed by atoms with Crippen molar-refractivity contribution in [3.8, 4) is 0 Å². The Labute approximate surface area is 121 Å². The molecule has 0 aliphatic carbocycles. The Morgan fingerprint density at radius 2 is 1.90 bits per heavy atom. The van der Waals surface area contributed by atoms with Gasteiger partial charge in [-0.05, 0) is 23.5 Å². The van der Waals surface area contributed by atoms with Crippen molar-refractivity contribution < 1.29 is 0 Å². The lowest BCUT2D eigenvalue weighted by molar-refractivity contribution is 0.569. The van der Waals surface area contributed by atoms with Crippen molar-refractivity contribution >= 4 is 0 Å². The average molecular weight is 271 g/mol. The van der Waals surface area contributed by atoms with Crippen LogP contribution in [0.1, 0.15) is 50.6 Å². The van der Waals surface area contributed by atoms with Crippen LogP contribution >= 0.6 is 0 Å². The van der Waals surface area contributed by atoms with Gasteiger partial charge < -0.3 is 10.3 Å². The molecular formula is C17H25N3. The maximum Gasteiger partial charge on any atom is 0.0921 e. The van der Waals surface area contributed by atoms with E-state index >= 15 is 0 Å². The Hall–Kier alpha value is -1.61. The fraction of sp³-hybridized carbons (Fsp3) is 0.471. The second-order valence-corrected chi connectivity index (χ2v) is 6.37. The molecule has 0 spiro atoms. The maximum absolute atomic E-state index is 4.03. The van der Waals surface area contributed by atoms with Crippen LogP contribution in [0.15, 0.2) is 36.8 Å². The molecule has 3 nitrogen and oxygen atoms in total. The van der Waals surface area contributed by atoms with Gasteiger partial charge in [-0.15, -0.1) is 0 Å². The molecule has 1 aromatic heterocycles. The van der Waals surface area contributed by atoms with Crippen LogP contribution in [-0.2, 0) is 11.8 Å². The molecular weight excluding hydrogens is 246 g/mol. The molecule has 0 aliphatic rings. The lowest BCUT2D eigenvalue weighted by atomic mass is 9.86. The first-order valence-corrected chi connectivity index (χ1v) is 7.28. The number of rotatable bonds is 5. The van der Waals surface area contributed by atoms with Crippen LogP contribution in [0.4, 0.5) is 0 Å². The highest BCUT2D eigenvalue weighted by atomic mass is 14.9. The molecule has 0 amide bonds. The number of hydrogen-bond donors (Lipinski definition) is 2. The Kier molecular flexibility index (Phi) is 4.61. The molecule has 0 saturated heterocycles. The summed E-state index contributed by atoms with van der Waals surface area (Å²) in [4.78, 5) is 7.15. The zero-order valence-corrected chi connectivity index (χ0v) is 12.9. The highest BCUT2D eigenvalue weighted by Crippen LogP contribution is 2.23. The topological polar surface area (TPSA) is 40.7 Å². The summed E-state index contributed by atoms with van der Waals surface area (Å²) in [5.41, 5.74) is 4.11. The molecule has 108 valence electrons. The van der Waals surface area contributed by atoms with E-state index in [1.807, 2.05) is 6.20 Å². The van der Waals surface area contributed by atoms with Gasteiger partial charge >= 0.3 is 0 Å². The summed E-state index contributed by atoms with van der Waals surface area (Å²) in [5, 5.41) is 3.55. The molecule has 2 aromatic rings. The smallest absolute Gasteiger partial charge is 0.0921 e. The summed E-state index contributed by atoms with van der Waals surface area (Å²) < 4.78 is 0. The van der Waals surface area contributed by atoms with Crippen molar-refractivity contribution in [2.45, 2.75) is 45.6 Å². The molecule has 1 heterocycles. The number of H-pyrrole nitrogens is 1. The van der Waals surface area contributed by atoms with Gasteiger partial charge in [-0.1, -0.05) is 45.0 Å². The van der Waals surface area contributed by atoms with Gasteiger partial charge in [-0.25, -0.2) is 4.98 Å². The Bertz CT molecular complexity index is 506. The zero-order chi connectivity index (χ0) is 14.6. The summed E-state index contributed by atoms with van der Waals surface area (Å²) in [6.45, 7) is 9.89. The first-order chi connectivity index (χ1) is 9.47. The van der Waals surface area contributed by atoms with E-state index < -0.39 is 0 Å². The van der Waals surface area contributed by atoms with Crippen LogP contribution in [0.3, 0.4) is 0 Å². The summed E-state index contributed by atoms with van der Waals surface area (Å²) >= 11 is 0. The minimum atomic E-state index is 0.218. The molecule has 0 saturated carbocycles. The highest BCUT2D eigenvalue weighted by molar-refractivity contribution is 5.29. The molecule has 1 atom stereocenters. The van der Waals surface area contributed by atoms with Gasteiger partial charge in [0.2, 0.25) is 0 Å². The van der Waals surface area contributed by atoms with E-state index in [1.165, 1.54) is 16.8 Å². The Morgan fingerprint density at radius 1 is 1.20 bits per heavy atom. The van der Waals surface area contributed by atoms with Crippen molar-refractivity contribution in [1.82, 2.24) is 15.3 Å². The molecule has 0 bridgehead atoms. The number of nitrogens with zero attached hydrogens (tertiary/aromatic N) is 1. The molecule has 2 rings (SSSR count). The molecule has 0 fully saturated rings. The summed E-state index contributed by atoms with van der Waals surface area (Å²) in [7, 11) is 0. The normalized spacial score (nSPS) is 13.4. The average Bonchev–Trinajstić information content (AvgIpc) is 2.91. The van der Waals surface area contributed by atoms with Gasteiger partial charge in [0.1, 0.15) is 0 Å². The first kappa shape index (κ1) is 14.8. The van der Waals surface area contributed by atoms with Crippen LogP contribution in [0, 0.1) is 0 Å². The fourth-order valence-corrected chi connectivity index (χ4v) is 2.23. The largest absolute Gasteiger partial charge is 0.348 e. The van der Waals surface area contributed by atoms with E-state index in [0.717, 1.165) is 13.0 Å². The maximum atomic E-state index is 4.03. The molecule has 0 aliphatic heterocycles. The van der Waals surface area contributed by atoms with Crippen molar-refractivity contribution in [2.75, 3.05) is 6.54 Å². The SMILES string of the molecule is CC(NCCc1cnc[nH]1)c1ccc(C(C)(C)C)cc1. The van der Waals surface area contributed by atoms with E-state index in [2.05, 4.69) is 67.2 Å². The van der Waals surface area contributed by atoms with Crippen molar-refractivity contribution in [1.29, 1.82) is 0 Å². The molecule has 3 heteroatoms. The lowest BCUT2D eigenvalue weighted by Gasteiger charge is -2.20. The summed E-state index contributed by atoms with van der Waals surface area (Å²) in [6, 6.07) is 9.31. The van der Waals surface area contributed by atoms with E-state index in [1.54, 1.807) is 6.33 Å².